The molecule has 144 valence electrons. The van der Waals surface area contributed by atoms with Crippen molar-refractivity contribution in [3.05, 3.63) is 48.4 Å². The minimum absolute atomic E-state index is 0.162. The minimum Gasteiger partial charge on any atom is -0.480 e. The highest BCUT2D eigenvalue weighted by Gasteiger charge is 2.28. The molecule has 0 aromatic carbocycles. The number of amides is 1. The molecule has 0 bridgehead atoms. The first-order chi connectivity index (χ1) is 13.7. The highest BCUT2D eigenvalue weighted by Crippen LogP contribution is 2.22. The molecular formula is C19H19N5O4. The van der Waals surface area contributed by atoms with Crippen molar-refractivity contribution in [1.29, 1.82) is 0 Å². The first-order valence-corrected chi connectivity index (χ1v) is 8.93. The molecule has 1 aliphatic heterocycles. The van der Waals surface area contributed by atoms with E-state index in [9.17, 15) is 4.79 Å². The molecule has 0 saturated carbocycles. The van der Waals surface area contributed by atoms with Crippen LogP contribution in [-0.2, 0) is 0 Å². The predicted octanol–water partition coefficient (Wildman–Crippen LogP) is 2.22. The van der Waals surface area contributed by atoms with Crippen molar-refractivity contribution in [3.63, 3.8) is 0 Å². The number of nitrogens with zero attached hydrogens (tertiary/aromatic N) is 5. The van der Waals surface area contributed by atoms with E-state index >= 15 is 0 Å². The number of hydrogen-bond acceptors (Lipinski definition) is 8. The van der Waals surface area contributed by atoms with Crippen LogP contribution >= 0.6 is 0 Å². The van der Waals surface area contributed by atoms with E-state index in [-0.39, 0.29) is 17.7 Å². The van der Waals surface area contributed by atoms with Crippen molar-refractivity contribution in [2.45, 2.75) is 18.9 Å². The van der Waals surface area contributed by atoms with Gasteiger partial charge >= 0.3 is 0 Å². The fraction of sp³-hybridized carbons (Fsp3) is 0.316. The van der Waals surface area contributed by atoms with Gasteiger partial charge in [0, 0.05) is 42.7 Å². The van der Waals surface area contributed by atoms with E-state index in [0.717, 1.165) is 18.4 Å². The summed E-state index contributed by atoms with van der Waals surface area (Å²) in [6.45, 7) is 1.09. The van der Waals surface area contributed by atoms with E-state index in [4.69, 9.17) is 14.0 Å². The number of carbonyl (C=O) groups excluding carboxylic acids is 1. The summed E-state index contributed by atoms with van der Waals surface area (Å²) >= 11 is 0. The van der Waals surface area contributed by atoms with Crippen molar-refractivity contribution in [2.24, 2.45) is 0 Å². The molecule has 0 N–H and O–H groups in total. The first-order valence-electron chi connectivity index (χ1n) is 8.93. The van der Waals surface area contributed by atoms with Crippen LogP contribution in [0.15, 0.2) is 47.2 Å². The number of piperidine rings is 1. The Morgan fingerprint density at radius 2 is 2.11 bits per heavy atom. The van der Waals surface area contributed by atoms with Crippen LogP contribution in [0.1, 0.15) is 23.3 Å². The van der Waals surface area contributed by atoms with Crippen LogP contribution in [0.5, 0.6) is 11.8 Å². The van der Waals surface area contributed by atoms with Gasteiger partial charge in [0.1, 0.15) is 6.10 Å². The monoisotopic (exact) mass is 381 g/mol. The summed E-state index contributed by atoms with van der Waals surface area (Å²) in [5.41, 5.74) is 1.04. The Kier molecular flexibility index (Phi) is 5.14. The van der Waals surface area contributed by atoms with Gasteiger partial charge in [-0.05, 0) is 25.0 Å². The summed E-state index contributed by atoms with van der Waals surface area (Å²) < 4.78 is 16.2. The van der Waals surface area contributed by atoms with Crippen LogP contribution in [0.3, 0.4) is 0 Å². The van der Waals surface area contributed by atoms with E-state index < -0.39 is 0 Å². The zero-order valence-corrected chi connectivity index (χ0v) is 15.3. The van der Waals surface area contributed by atoms with Crippen LogP contribution < -0.4 is 9.47 Å². The van der Waals surface area contributed by atoms with Crippen LogP contribution in [0.4, 0.5) is 0 Å². The Morgan fingerprint density at radius 3 is 2.86 bits per heavy atom. The van der Waals surface area contributed by atoms with E-state index in [0.29, 0.717) is 30.6 Å². The highest BCUT2D eigenvalue weighted by molar-refractivity contribution is 5.93. The summed E-state index contributed by atoms with van der Waals surface area (Å²) in [6, 6.07) is 8.67. The maximum absolute atomic E-state index is 12.8. The number of likely N-dealkylation sites (tertiary alicyclic amines) is 1. The molecule has 3 aromatic heterocycles. The number of pyridine rings is 1. The van der Waals surface area contributed by atoms with Gasteiger partial charge in [-0.3, -0.25) is 9.78 Å². The van der Waals surface area contributed by atoms with Gasteiger partial charge in [0.05, 0.1) is 13.7 Å². The van der Waals surface area contributed by atoms with Gasteiger partial charge < -0.3 is 18.9 Å². The SMILES string of the molecule is COc1ccc(OC2CCCN(C(=O)c3cc(-c4cccnc4)on3)C2)nn1. The first kappa shape index (κ1) is 17.9. The second-order valence-corrected chi connectivity index (χ2v) is 6.37. The van der Waals surface area contributed by atoms with E-state index in [1.54, 1.807) is 41.6 Å². The lowest BCUT2D eigenvalue weighted by Gasteiger charge is -2.32. The Hall–Kier alpha value is -3.49. The van der Waals surface area contributed by atoms with Crippen LogP contribution in [-0.4, -0.2) is 57.4 Å². The summed E-state index contributed by atoms with van der Waals surface area (Å²) in [4.78, 5) is 18.6. The van der Waals surface area contributed by atoms with Gasteiger partial charge in [-0.25, -0.2) is 0 Å². The quantitative estimate of drug-likeness (QED) is 0.663. The molecule has 0 radical (unpaired) electrons. The predicted molar refractivity (Wildman–Crippen MR) is 97.9 cm³/mol. The molecule has 1 amide bonds. The average Bonchev–Trinajstić information content (AvgIpc) is 3.25. The van der Waals surface area contributed by atoms with Crippen molar-refractivity contribution in [1.82, 2.24) is 25.2 Å². The van der Waals surface area contributed by atoms with Gasteiger partial charge in [-0.15, -0.1) is 10.2 Å². The third-order valence-corrected chi connectivity index (χ3v) is 4.45. The summed E-state index contributed by atoms with van der Waals surface area (Å²) in [6.07, 6.45) is 4.83. The molecule has 1 atom stereocenters. The molecule has 0 spiro atoms. The fourth-order valence-corrected chi connectivity index (χ4v) is 3.05. The molecule has 9 heteroatoms. The fourth-order valence-electron chi connectivity index (χ4n) is 3.05. The van der Waals surface area contributed by atoms with Crippen molar-refractivity contribution in [3.8, 4) is 23.1 Å². The third-order valence-electron chi connectivity index (χ3n) is 4.45. The molecule has 1 unspecified atom stereocenters. The lowest BCUT2D eigenvalue weighted by molar-refractivity contribution is 0.0516. The maximum atomic E-state index is 12.8. The van der Waals surface area contributed by atoms with Crippen molar-refractivity contribution in [2.75, 3.05) is 20.2 Å². The van der Waals surface area contributed by atoms with Gasteiger partial charge in [-0.1, -0.05) is 5.16 Å². The van der Waals surface area contributed by atoms with Gasteiger partial charge in [0.15, 0.2) is 11.5 Å². The topological polar surface area (TPSA) is 103 Å². The van der Waals surface area contributed by atoms with Crippen LogP contribution in [0.2, 0.25) is 0 Å². The normalized spacial score (nSPS) is 16.6. The molecule has 4 rings (SSSR count). The van der Waals surface area contributed by atoms with Crippen molar-refractivity contribution >= 4 is 5.91 Å². The smallest absolute Gasteiger partial charge is 0.276 e. The standard InChI is InChI=1S/C19H19N5O4/c1-26-17-6-7-18(22-21-17)27-14-5-3-9-24(12-14)19(25)15-10-16(28-23-15)13-4-2-8-20-11-13/h2,4,6-8,10-11,14H,3,5,9,12H2,1H3. The van der Waals surface area contributed by atoms with Crippen LogP contribution in [0, 0.1) is 0 Å². The zero-order chi connectivity index (χ0) is 19.3. The zero-order valence-electron chi connectivity index (χ0n) is 15.3. The number of aromatic nitrogens is 4. The number of hydrogen-bond donors (Lipinski definition) is 0. The second-order valence-electron chi connectivity index (χ2n) is 6.37. The summed E-state index contributed by atoms with van der Waals surface area (Å²) in [7, 11) is 1.53. The maximum Gasteiger partial charge on any atom is 0.276 e. The number of ether oxygens (including phenoxy) is 2. The molecule has 4 heterocycles. The number of carbonyl (C=O) groups is 1. The van der Waals surface area contributed by atoms with Gasteiger partial charge in [0.2, 0.25) is 11.8 Å². The molecule has 28 heavy (non-hydrogen) atoms. The average molecular weight is 381 g/mol. The number of rotatable bonds is 5. The Labute approximate surface area is 161 Å². The Bertz CT molecular complexity index is 929. The molecular weight excluding hydrogens is 362 g/mol. The second kappa shape index (κ2) is 8.03. The van der Waals surface area contributed by atoms with E-state index in [2.05, 4.69) is 20.3 Å². The van der Waals surface area contributed by atoms with Gasteiger partial charge in [0.25, 0.3) is 5.91 Å². The number of methoxy groups -OCH3 is 1. The van der Waals surface area contributed by atoms with Crippen LogP contribution in [0.25, 0.3) is 11.3 Å². The highest BCUT2D eigenvalue weighted by atomic mass is 16.5. The lowest BCUT2D eigenvalue weighted by atomic mass is 10.1. The summed E-state index contributed by atoms with van der Waals surface area (Å²) in [5, 5.41) is 11.8. The molecule has 1 aliphatic rings. The van der Waals surface area contributed by atoms with Gasteiger partial charge in [-0.2, -0.15) is 0 Å². The minimum atomic E-state index is -0.187. The molecule has 1 fully saturated rings. The Balaban J connectivity index is 1.41. The third kappa shape index (κ3) is 3.93. The largest absolute Gasteiger partial charge is 0.480 e. The van der Waals surface area contributed by atoms with Crippen molar-refractivity contribution < 1.29 is 18.8 Å². The molecule has 9 nitrogen and oxygen atoms in total. The molecule has 1 saturated heterocycles. The molecule has 3 aromatic rings. The lowest BCUT2D eigenvalue weighted by Crippen LogP contribution is -2.44. The Morgan fingerprint density at radius 1 is 1.25 bits per heavy atom. The summed E-state index contributed by atoms with van der Waals surface area (Å²) in [5.74, 6) is 1.14. The molecule has 0 aliphatic carbocycles. The van der Waals surface area contributed by atoms with E-state index in [1.807, 2.05) is 6.07 Å². The van der Waals surface area contributed by atoms with E-state index in [1.165, 1.54) is 7.11 Å².